The van der Waals surface area contributed by atoms with E-state index in [1.54, 1.807) is 17.0 Å². The van der Waals surface area contributed by atoms with Gasteiger partial charge in [-0.25, -0.2) is 4.39 Å². The summed E-state index contributed by atoms with van der Waals surface area (Å²) in [5, 5.41) is 0.527. The summed E-state index contributed by atoms with van der Waals surface area (Å²) in [5.74, 6) is 0.136. The third-order valence-corrected chi connectivity index (χ3v) is 5.61. The molecular weight excluding hydrogens is 369 g/mol. The first-order valence-corrected chi connectivity index (χ1v) is 9.32. The number of hydrogen-bond acceptors (Lipinski definition) is 3. The molecule has 0 radical (unpaired) electrons. The van der Waals surface area contributed by atoms with Gasteiger partial charge in [0.25, 0.3) is 5.91 Å². The molecule has 0 aromatic heterocycles. The fourth-order valence-electron chi connectivity index (χ4n) is 3.88. The molecule has 0 bridgehead atoms. The summed E-state index contributed by atoms with van der Waals surface area (Å²) in [6.45, 7) is 2.86. The van der Waals surface area contributed by atoms with Crippen LogP contribution in [-0.4, -0.2) is 35.3 Å². The van der Waals surface area contributed by atoms with Crippen molar-refractivity contribution in [1.29, 1.82) is 0 Å². The Labute approximate surface area is 161 Å². The number of hydrogen-bond donors (Lipinski definition) is 0. The van der Waals surface area contributed by atoms with Gasteiger partial charge in [-0.1, -0.05) is 11.6 Å². The second kappa shape index (κ2) is 6.64. The van der Waals surface area contributed by atoms with Crippen molar-refractivity contribution in [3.8, 4) is 5.75 Å². The standard InChI is InChI=1S/C21H19ClFNO3/c1-13-10-15(22)11-17-18(25)12-21(27-19(13)17)6-8-24(9-7-21)20(26)14-2-4-16(23)5-3-14/h2-5,10-11H,6-9,12H2,1H3. The van der Waals surface area contributed by atoms with Crippen LogP contribution in [0.5, 0.6) is 5.75 Å². The smallest absolute Gasteiger partial charge is 0.253 e. The lowest BCUT2D eigenvalue weighted by Crippen LogP contribution is -2.52. The van der Waals surface area contributed by atoms with Gasteiger partial charge >= 0.3 is 0 Å². The largest absolute Gasteiger partial charge is 0.486 e. The fourth-order valence-corrected chi connectivity index (χ4v) is 4.16. The first-order valence-electron chi connectivity index (χ1n) is 8.94. The van der Waals surface area contributed by atoms with Crippen molar-refractivity contribution in [3.05, 3.63) is 63.9 Å². The monoisotopic (exact) mass is 387 g/mol. The molecule has 2 heterocycles. The minimum absolute atomic E-state index is 0.0279. The van der Waals surface area contributed by atoms with Crippen molar-refractivity contribution in [2.45, 2.75) is 31.8 Å². The molecule has 0 saturated carbocycles. The van der Waals surface area contributed by atoms with E-state index in [4.69, 9.17) is 16.3 Å². The highest BCUT2D eigenvalue weighted by Crippen LogP contribution is 2.42. The Morgan fingerprint density at radius 1 is 1.19 bits per heavy atom. The molecule has 2 aliphatic heterocycles. The van der Waals surface area contributed by atoms with E-state index in [1.165, 1.54) is 24.3 Å². The number of carbonyl (C=O) groups excluding carboxylic acids is 2. The predicted molar refractivity (Wildman–Crippen MR) is 100 cm³/mol. The Kier molecular flexibility index (Phi) is 4.42. The van der Waals surface area contributed by atoms with E-state index in [1.807, 2.05) is 6.92 Å². The minimum Gasteiger partial charge on any atom is -0.486 e. The zero-order chi connectivity index (χ0) is 19.2. The van der Waals surface area contributed by atoms with Gasteiger partial charge in [0.1, 0.15) is 17.2 Å². The van der Waals surface area contributed by atoms with Crippen molar-refractivity contribution >= 4 is 23.3 Å². The second-order valence-corrected chi connectivity index (χ2v) is 7.72. The predicted octanol–water partition coefficient (Wildman–Crippen LogP) is 4.43. The van der Waals surface area contributed by atoms with Gasteiger partial charge in [-0.15, -0.1) is 0 Å². The number of carbonyl (C=O) groups is 2. The third kappa shape index (κ3) is 3.32. The molecule has 6 heteroatoms. The average Bonchev–Trinajstić information content (AvgIpc) is 2.64. The van der Waals surface area contributed by atoms with Crippen molar-refractivity contribution in [3.63, 3.8) is 0 Å². The molecule has 27 heavy (non-hydrogen) atoms. The van der Waals surface area contributed by atoms with E-state index in [-0.39, 0.29) is 17.5 Å². The zero-order valence-corrected chi connectivity index (χ0v) is 15.7. The van der Waals surface area contributed by atoms with Crippen LogP contribution in [0.4, 0.5) is 4.39 Å². The highest BCUT2D eigenvalue weighted by molar-refractivity contribution is 6.31. The normalized spacial score (nSPS) is 18.2. The van der Waals surface area contributed by atoms with Crippen LogP contribution in [-0.2, 0) is 0 Å². The number of amides is 1. The summed E-state index contributed by atoms with van der Waals surface area (Å²) >= 11 is 6.07. The molecule has 1 amide bonds. The molecule has 0 unspecified atom stereocenters. The molecule has 0 atom stereocenters. The van der Waals surface area contributed by atoms with Gasteiger partial charge in [0.15, 0.2) is 5.78 Å². The Hall–Kier alpha value is -2.40. The Bertz CT molecular complexity index is 918. The molecule has 2 aliphatic rings. The highest BCUT2D eigenvalue weighted by Gasteiger charge is 2.44. The van der Waals surface area contributed by atoms with Gasteiger partial charge in [0, 0.05) is 36.5 Å². The lowest BCUT2D eigenvalue weighted by Gasteiger charge is -2.44. The molecular formula is C21H19ClFNO3. The number of halogens is 2. The topological polar surface area (TPSA) is 46.6 Å². The quantitative estimate of drug-likeness (QED) is 0.727. The molecule has 140 valence electrons. The van der Waals surface area contributed by atoms with Gasteiger partial charge < -0.3 is 9.64 Å². The van der Waals surface area contributed by atoms with Crippen LogP contribution < -0.4 is 4.74 Å². The summed E-state index contributed by atoms with van der Waals surface area (Å²) < 4.78 is 19.4. The van der Waals surface area contributed by atoms with Crippen LogP contribution in [0, 0.1) is 12.7 Å². The van der Waals surface area contributed by atoms with E-state index in [9.17, 15) is 14.0 Å². The average molecular weight is 388 g/mol. The van der Waals surface area contributed by atoms with E-state index in [0.717, 1.165) is 5.56 Å². The molecule has 1 fully saturated rings. The molecule has 2 aromatic rings. The molecule has 0 N–H and O–H groups in total. The molecule has 4 nitrogen and oxygen atoms in total. The highest BCUT2D eigenvalue weighted by atomic mass is 35.5. The number of Topliss-reactive ketones (excluding diaryl/α,β-unsaturated/α-hetero) is 1. The van der Waals surface area contributed by atoms with Crippen molar-refractivity contribution in [1.82, 2.24) is 4.90 Å². The Morgan fingerprint density at radius 3 is 2.52 bits per heavy atom. The SMILES string of the molecule is Cc1cc(Cl)cc2c1OC1(CCN(C(=O)c3ccc(F)cc3)CC1)CC2=O. The zero-order valence-electron chi connectivity index (χ0n) is 14.9. The Balaban J connectivity index is 1.51. The number of ketones is 1. The van der Waals surface area contributed by atoms with Crippen molar-refractivity contribution in [2.24, 2.45) is 0 Å². The maximum atomic E-state index is 13.1. The third-order valence-electron chi connectivity index (χ3n) is 5.39. The van der Waals surface area contributed by atoms with E-state index in [0.29, 0.717) is 54.3 Å². The molecule has 4 rings (SSSR count). The van der Waals surface area contributed by atoms with E-state index in [2.05, 4.69) is 0 Å². The lowest BCUT2D eigenvalue weighted by molar-refractivity contribution is -0.00616. The molecule has 2 aromatic carbocycles. The van der Waals surface area contributed by atoms with Crippen LogP contribution in [0.3, 0.4) is 0 Å². The molecule has 0 aliphatic carbocycles. The van der Waals surface area contributed by atoms with Crippen molar-refractivity contribution < 1.29 is 18.7 Å². The van der Waals surface area contributed by atoms with Gasteiger partial charge in [-0.05, 0) is 48.9 Å². The second-order valence-electron chi connectivity index (χ2n) is 7.28. The van der Waals surface area contributed by atoms with E-state index >= 15 is 0 Å². The summed E-state index contributed by atoms with van der Waals surface area (Å²) in [7, 11) is 0. The number of piperidine rings is 1. The van der Waals surface area contributed by atoms with Crippen LogP contribution in [0.1, 0.15) is 45.5 Å². The van der Waals surface area contributed by atoms with Gasteiger partial charge in [-0.3, -0.25) is 9.59 Å². The van der Waals surface area contributed by atoms with Gasteiger partial charge in [-0.2, -0.15) is 0 Å². The van der Waals surface area contributed by atoms with Crippen LogP contribution in [0.2, 0.25) is 5.02 Å². The number of rotatable bonds is 1. The Morgan fingerprint density at radius 2 is 1.85 bits per heavy atom. The number of likely N-dealkylation sites (tertiary alicyclic amines) is 1. The van der Waals surface area contributed by atoms with Crippen LogP contribution in [0.25, 0.3) is 0 Å². The van der Waals surface area contributed by atoms with Gasteiger partial charge in [0.2, 0.25) is 0 Å². The minimum atomic E-state index is -0.581. The van der Waals surface area contributed by atoms with Crippen molar-refractivity contribution in [2.75, 3.05) is 13.1 Å². The number of benzene rings is 2. The van der Waals surface area contributed by atoms with Gasteiger partial charge in [0.05, 0.1) is 12.0 Å². The number of fused-ring (bicyclic) bond motifs is 1. The molecule has 1 saturated heterocycles. The summed E-state index contributed by atoms with van der Waals surface area (Å²) in [5.41, 5.74) is 1.26. The summed E-state index contributed by atoms with van der Waals surface area (Å²) in [4.78, 5) is 27.0. The first kappa shape index (κ1) is 18.0. The lowest BCUT2D eigenvalue weighted by atomic mass is 9.82. The summed E-state index contributed by atoms with van der Waals surface area (Å²) in [6.07, 6.45) is 1.44. The maximum Gasteiger partial charge on any atom is 0.253 e. The first-order chi connectivity index (χ1) is 12.9. The number of ether oxygens (including phenoxy) is 1. The number of aryl methyl sites for hydroxylation is 1. The number of nitrogens with zero attached hydrogens (tertiary/aromatic N) is 1. The summed E-state index contributed by atoms with van der Waals surface area (Å²) in [6, 6.07) is 9.00. The fraction of sp³-hybridized carbons (Fsp3) is 0.333. The van der Waals surface area contributed by atoms with E-state index < -0.39 is 5.60 Å². The van der Waals surface area contributed by atoms with Crippen LogP contribution in [0.15, 0.2) is 36.4 Å². The van der Waals surface area contributed by atoms with Crippen LogP contribution >= 0.6 is 11.6 Å². The maximum absolute atomic E-state index is 13.1. The molecule has 1 spiro atoms.